The van der Waals surface area contributed by atoms with Crippen LogP contribution in [0.25, 0.3) is 11.4 Å². The molecule has 2 aromatic heterocycles. The Labute approximate surface area is 191 Å². The van der Waals surface area contributed by atoms with Crippen LogP contribution in [-0.4, -0.2) is 22.6 Å². The maximum Gasteiger partial charge on any atom is 0.250 e. The minimum absolute atomic E-state index is 0.430. The van der Waals surface area contributed by atoms with Gasteiger partial charge < -0.3 is 20.4 Å². The monoisotopic (exact) mass is 446 g/mol. The number of rotatable bonds is 8. The summed E-state index contributed by atoms with van der Waals surface area (Å²) in [6, 6.07) is 18.0. The average molecular weight is 447 g/mol. The zero-order chi connectivity index (χ0) is 22.7. The molecule has 0 unspecified atom stereocenters. The molecule has 0 aliphatic rings. The summed E-state index contributed by atoms with van der Waals surface area (Å²) in [5.74, 6) is 0.402. The van der Waals surface area contributed by atoms with Crippen molar-refractivity contribution >= 4 is 28.1 Å². The second-order valence-electron chi connectivity index (χ2n) is 7.67. The van der Waals surface area contributed by atoms with Crippen molar-refractivity contribution in [2.24, 2.45) is 5.73 Å². The number of benzene rings is 2. The third kappa shape index (κ3) is 4.68. The van der Waals surface area contributed by atoms with E-state index in [1.165, 1.54) is 22.5 Å². The van der Waals surface area contributed by atoms with Gasteiger partial charge in [0.25, 0.3) is 5.91 Å². The van der Waals surface area contributed by atoms with Gasteiger partial charge in [0.05, 0.1) is 24.1 Å². The summed E-state index contributed by atoms with van der Waals surface area (Å²) < 4.78 is 7.36. The maximum atomic E-state index is 12.0. The van der Waals surface area contributed by atoms with Crippen LogP contribution < -0.4 is 15.8 Å². The van der Waals surface area contributed by atoms with Crippen LogP contribution in [0.15, 0.2) is 60.0 Å². The van der Waals surface area contributed by atoms with E-state index in [1.807, 2.05) is 42.6 Å². The highest BCUT2D eigenvalue weighted by molar-refractivity contribution is 7.14. The van der Waals surface area contributed by atoms with Crippen LogP contribution in [0.5, 0.6) is 5.75 Å². The number of nitrogens with zero attached hydrogens (tertiary/aromatic N) is 2. The van der Waals surface area contributed by atoms with Crippen molar-refractivity contribution in [2.45, 2.75) is 26.8 Å². The van der Waals surface area contributed by atoms with Crippen LogP contribution in [0.4, 0.5) is 10.8 Å². The number of primary amides is 1. The van der Waals surface area contributed by atoms with Gasteiger partial charge in [-0.05, 0) is 56.2 Å². The number of carbonyl (C=O) groups is 1. The van der Waals surface area contributed by atoms with Crippen molar-refractivity contribution in [1.82, 2.24) is 9.55 Å². The summed E-state index contributed by atoms with van der Waals surface area (Å²) in [6.07, 6.45) is 0.809. The molecule has 0 radical (unpaired) electrons. The van der Waals surface area contributed by atoms with Gasteiger partial charge in [-0.2, -0.15) is 0 Å². The zero-order valence-electron chi connectivity index (χ0n) is 18.4. The Hall–Kier alpha value is -3.58. The molecule has 7 heteroatoms. The topological polar surface area (TPSA) is 82.2 Å². The molecule has 1 amide bonds. The van der Waals surface area contributed by atoms with E-state index in [2.05, 4.69) is 41.1 Å². The van der Waals surface area contributed by atoms with Gasteiger partial charge in [0.15, 0.2) is 5.13 Å². The number of thiazole rings is 1. The lowest BCUT2D eigenvalue weighted by molar-refractivity contribution is 0.0999. The molecular weight excluding hydrogens is 420 g/mol. The predicted octanol–water partition coefficient (Wildman–Crippen LogP) is 5.32. The van der Waals surface area contributed by atoms with Gasteiger partial charge >= 0.3 is 0 Å². The lowest BCUT2D eigenvalue weighted by Crippen LogP contribution is -2.13. The van der Waals surface area contributed by atoms with Crippen molar-refractivity contribution < 1.29 is 9.53 Å². The normalized spacial score (nSPS) is 10.8. The molecule has 4 aromatic rings. The first-order valence-electron chi connectivity index (χ1n) is 10.4. The Kier molecular flexibility index (Phi) is 6.28. The number of hydrogen-bond acceptors (Lipinski definition) is 5. The highest BCUT2D eigenvalue weighted by Gasteiger charge is 2.18. The molecule has 0 aliphatic carbocycles. The SMILES string of the molecule is COc1ccc(CCn2c(-c3csc(Nc4ccc(C)cc4)n3)cc(C(N)=O)c2C)cc1. The van der Waals surface area contributed by atoms with E-state index in [9.17, 15) is 4.79 Å². The predicted molar refractivity (Wildman–Crippen MR) is 130 cm³/mol. The summed E-state index contributed by atoms with van der Waals surface area (Å²) in [5, 5.41) is 6.14. The van der Waals surface area contributed by atoms with Crippen LogP contribution in [0.1, 0.15) is 27.2 Å². The molecule has 0 aliphatic heterocycles. The van der Waals surface area contributed by atoms with E-state index in [4.69, 9.17) is 15.5 Å². The van der Waals surface area contributed by atoms with E-state index < -0.39 is 5.91 Å². The summed E-state index contributed by atoms with van der Waals surface area (Å²) in [5.41, 5.74) is 12.1. The van der Waals surface area contributed by atoms with Gasteiger partial charge in [0, 0.05) is 23.3 Å². The molecule has 0 fully saturated rings. The summed E-state index contributed by atoms with van der Waals surface area (Å²) in [7, 11) is 1.66. The molecule has 2 aromatic carbocycles. The molecule has 0 atom stereocenters. The quantitative estimate of drug-likeness (QED) is 0.384. The second kappa shape index (κ2) is 9.28. The van der Waals surface area contributed by atoms with Gasteiger partial charge in [-0.25, -0.2) is 4.98 Å². The molecule has 0 spiro atoms. The van der Waals surface area contributed by atoms with Crippen molar-refractivity contribution in [2.75, 3.05) is 12.4 Å². The molecule has 4 rings (SSSR count). The van der Waals surface area contributed by atoms with Gasteiger partial charge in [-0.1, -0.05) is 29.8 Å². The molecule has 3 N–H and O–H groups in total. The number of carbonyl (C=O) groups excluding carboxylic acids is 1. The summed E-state index contributed by atoms with van der Waals surface area (Å²) >= 11 is 1.53. The molecule has 0 saturated carbocycles. The Morgan fingerprint density at radius 2 is 1.84 bits per heavy atom. The van der Waals surface area contributed by atoms with Gasteiger partial charge in [-0.15, -0.1) is 11.3 Å². The fourth-order valence-corrected chi connectivity index (χ4v) is 4.36. The standard InChI is InChI=1S/C25H26N4O2S/c1-16-4-8-19(9-5-16)27-25-28-22(15-32-25)23-14-21(24(26)30)17(2)29(23)13-12-18-6-10-20(31-3)11-7-18/h4-11,14-15H,12-13H2,1-3H3,(H2,26,30)(H,27,28). The number of aryl methyl sites for hydroxylation is 2. The van der Waals surface area contributed by atoms with Crippen molar-refractivity contribution in [3.05, 3.63) is 82.4 Å². The first kappa shape index (κ1) is 21.6. The number of amides is 1. The molecular formula is C25H26N4O2S. The number of aromatic nitrogens is 2. The number of methoxy groups -OCH3 is 1. The second-order valence-corrected chi connectivity index (χ2v) is 8.53. The Morgan fingerprint density at radius 1 is 1.12 bits per heavy atom. The minimum Gasteiger partial charge on any atom is -0.497 e. The molecule has 32 heavy (non-hydrogen) atoms. The van der Waals surface area contributed by atoms with Crippen LogP contribution in [-0.2, 0) is 13.0 Å². The molecule has 0 saturated heterocycles. The smallest absolute Gasteiger partial charge is 0.250 e. The average Bonchev–Trinajstić information content (AvgIpc) is 3.38. The third-order valence-corrected chi connectivity index (χ3v) is 6.24. The Bertz CT molecular complexity index is 1220. The van der Waals surface area contributed by atoms with Gasteiger partial charge in [-0.3, -0.25) is 4.79 Å². The van der Waals surface area contributed by atoms with Crippen LogP contribution in [0, 0.1) is 13.8 Å². The van der Waals surface area contributed by atoms with Crippen LogP contribution in [0.3, 0.4) is 0 Å². The summed E-state index contributed by atoms with van der Waals surface area (Å²) in [4.78, 5) is 16.8. The van der Waals surface area contributed by atoms with E-state index in [0.717, 1.165) is 40.1 Å². The number of nitrogens with two attached hydrogens (primary N) is 1. The third-order valence-electron chi connectivity index (χ3n) is 5.48. The highest BCUT2D eigenvalue weighted by Crippen LogP contribution is 2.31. The molecule has 6 nitrogen and oxygen atoms in total. The molecule has 164 valence electrons. The first-order valence-corrected chi connectivity index (χ1v) is 11.2. The van der Waals surface area contributed by atoms with Crippen LogP contribution >= 0.6 is 11.3 Å². The fourth-order valence-electron chi connectivity index (χ4n) is 3.64. The van der Waals surface area contributed by atoms with E-state index in [-0.39, 0.29) is 0 Å². The maximum absolute atomic E-state index is 12.0. The summed E-state index contributed by atoms with van der Waals surface area (Å²) in [6.45, 7) is 4.69. The highest BCUT2D eigenvalue weighted by atomic mass is 32.1. The van der Waals surface area contributed by atoms with Crippen molar-refractivity contribution in [1.29, 1.82) is 0 Å². The van der Waals surface area contributed by atoms with Crippen LogP contribution in [0.2, 0.25) is 0 Å². The van der Waals surface area contributed by atoms with E-state index in [1.54, 1.807) is 7.11 Å². The number of nitrogens with one attached hydrogen (secondary N) is 1. The van der Waals surface area contributed by atoms with E-state index in [0.29, 0.717) is 12.1 Å². The van der Waals surface area contributed by atoms with Crippen molar-refractivity contribution in [3.8, 4) is 17.1 Å². The molecule has 0 bridgehead atoms. The molecule has 2 heterocycles. The minimum atomic E-state index is -0.430. The Morgan fingerprint density at radius 3 is 2.50 bits per heavy atom. The van der Waals surface area contributed by atoms with Crippen molar-refractivity contribution in [3.63, 3.8) is 0 Å². The van der Waals surface area contributed by atoms with Gasteiger partial charge in [0.1, 0.15) is 5.75 Å². The lowest BCUT2D eigenvalue weighted by atomic mass is 10.1. The lowest BCUT2D eigenvalue weighted by Gasteiger charge is -2.11. The zero-order valence-corrected chi connectivity index (χ0v) is 19.2. The fraction of sp³-hybridized carbons (Fsp3) is 0.200. The first-order chi connectivity index (χ1) is 15.4. The van der Waals surface area contributed by atoms with E-state index >= 15 is 0 Å². The Balaban J connectivity index is 1.60. The number of hydrogen-bond donors (Lipinski definition) is 2. The number of anilines is 2. The number of ether oxygens (including phenoxy) is 1. The largest absolute Gasteiger partial charge is 0.497 e. The van der Waals surface area contributed by atoms with Gasteiger partial charge in [0.2, 0.25) is 0 Å².